The molecular weight excluding hydrogens is 280 g/mol. The second-order valence-electron chi connectivity index (χ2n) is 5.66. The van der Waals surface area contributed by atoms with Crippen molar-refractivity contribution in [3.63, 3.8) is 0 Å². The van der Waals surface area contributed by atoms with Crippen LogP contribution in [0.3, 0.4) is 0 Å². The summed E-state index contributed by atoms with van der Waals surface area (Å²) in [5.41, 5.74) is -0.759. The number of rotatable bonds is 2. The molecule has 3 heterocycles. The Hall–Kier alpha value is -1.21. The second-order valence-corrected chi connectivity index (χ2v) is 8.18. The van der Waals surface area contributed by atoms with Crippen molar-refractivity contribution in [1.82, 2.24) is 10.2 Å². The van der Waals surface area contributed by atoms with Crippen LogP contribution in [0, 0.1) is 0 Å². The average molecular weight is 298 g/mol. The first-order valence-electron chi connectivity index (χ1n) is 6.79. The molecule has 6 nitrogen and oxygen atoms in total. The molecule has 2 bridgehead atoms. The third kappa shape index (κ3) is 2.09. The molecule has 2 atom stereocenters. The maximum absolute atomic E-state index is 12.2. The smallest absolute Gasteiger partial charge is 0.233 e. The van der Waals surface area contributed by atoms with E-state index in [1.165, 1.54) is 7.11 Å². The molecule has 7 heteroatoms. The standard InChI is InChI=1S/C13H18N2O4S/c1-19-12-6-5-11(14-15-12)13(16)7-9-3-2-4-10(8-13)20(9,17)18/h5-6,9-10,16H,2-4,7-8H2,1H3. The van der Waals surface area contributed by atoms with Gasteiger partial charge in [-0.15, -0.1) is 10.2 Å². The molecule has 0 spiro atoms. The zero-order chi connectivity index (χ0) is 14.4. The Morgan fingerprint density at radius 1 is 1.25 bits per heavy atom. The van der Waals surface area contributed by atoms with Crippen molar-refractivity contribution in [3.05, 3.63) is 17.8 Å². The van der Waals surface area contributed by atoms with Crippen LogP contribution >= 0.6 is 0 Å². The number of sulfone groups is 1. The van der Waals surface area contributed by atoms with Gasteiger partial charge in [0, 0.05) is 6.07 Å². The summed E-state index contributed by atoms with van der Waals surface area (Å²) in [5, 5.41) is 17.8. The molecule has 0 amide bonds. The van der Waals surface area contributed by atoms with Crippen LogP contribution in [0.25, 0.3) is 0 Å². The summed E-state index contributed by atoms with van der Waals surface area (Å²) >= 11 is 0. The van der Waals surface area contributed by atoms with E-state index in [1.54, 1.807) is 12.1 Å². The highest BCUT2D eigenvalue weighted by molar-refractivity contribution is 7.92. The Balaban J connectivity index is 1.93. The number of aromatic nitrogens is 2. The highest BCUT2D eigenvalue weighted by atomic mass is 32.2. The Bertz CT molecular complexity index is 579. The molecule has 20 heavy (non-hydrogen) atoms. The predicted octanol–water partition coefficient (Wildman–Crippen LogP) is 0.802. The molecule has 110 valence electrons. The maximum atomic E-state index is 12.2. The van der Waals surface area contributed by atoms with Gasteiger partial charge in [0.25, 0.3) is 0 Å². The van der Waals surface area contributed by atoms with Gasteiger partial charge in [-0.3, -0.25) is 0 Å². The van der Waals surface area contributed by atoms with Gasteiger partial charge in [0.15, 0.2) is 9.84 Å². The van der Waals surface area contributed by atoms with Crippen LogP contribution in [0.4, 0.5) is 0 Å². The van der Waals surface area contributed by atoms with E-state index in [0.717, 1.165) is 6.42 Å². The first kappa shape index (κ1) is 13.8. The van der Waals surface area contributed by atoms with Crippen LogP contribution in [0.15, 0.2) is 12.1 Å². The summed E-state index contributed by atoms with van der Waals surface area (Å²) in [5.74, 6) is 0.376. The van der Waals surface area contributed by atoms with Crippen LogP contribution in [0.2, 0.25) is 0 Å². The molecule has 2 saturated heterocycles. The Kier molecular flexibility index (Phi) is 3.21. The van der Waals surface area contributed by atoms with Crippen molar-refractivity contribution < 1.29 is 18.3 Å². The molecule has 2 aliphatic heterocycles. The van der Waals surface area contributed by atoms with Gasteiger partial charge in [0.1, 0.15) is 5.60 Å². The van der Waals surface area contributed by atoms with Crippen molar-refractivity contribution in [2.24, 2.45) is 0 Å². The van der Waals surface area contributed by atoms with E-state index in [0.29, 0.717) is 24.4 Å². The lowest BCUT2D eigenvalue weighted by atomic mass is 9.83. The molecule has 2 unspecified atom stereocenters. The van der Waals surface area contributed by atoms with Gasteiger partial charge >= 0.3 is 0 Å². The minimum Gasteiger partial charge on any atom is -0.480 e. The summed E-state index contributed by atoms with van der Waals surface area (Å²) in [7, 11) is -1.59. The zero-order valence-corrected chi connectivity index (χ0v) is 12.1. The molecule has 0 saturated carbocycles. The van der Waals surface area contributed by atoms with E-state index in [1.807, 2.05) is 0 Å². The molecule has 1 aromatic heterocycles. The van der Waals surface area contributed by atoms with E-state index in [2.05, 4.69) is 10.2 Å². The lowest BCUT2D eigenvalue weighted by Crippen LogP contribution is -2.50. The minimum absolute atomic E-state index is 0.215. The quantitative estimate of drug-likeness (QED) is 0.869. The number of ether oxygens (including phenoxy) is 1. The van der Waals surface area contributed by atoms with Gasteiger partial charge in [-0.2, -0.15) is 0 Å². The molecule has 1 N–H and O–H groups in total. The van der Waals surface area contributed by atoms with Gasteiger partial charge in [-0.1, -0.05) is 6.42 Å². The number of hydrogen-bond acceptors (Lipinski definition) is 6. The molecule has 0 radical (unpaired) electrons. The Morgan fingerprint density at radius 2 is 1.90 bits per heavy atom. The topological polar surface area (TPSA) is 89.4 Å². The van der Waals surface area contributed by atoms with Gasteiger partial charge in [-0.05, 0) is 31.7 Å². The van der Waals surface area contributed by atoms with Gasteiger partial charge in [-0.25, -0.2) is 8.42 Å². The number of fused-ring (bicyclic) bond motifs is 2. The predicted molar refractivity (Wildman–Crippen MR) is 72.1 cm³/mol. The summed E-state index contributed by atoms with van der Waals surface area (Å²) in [6.07, 6.45) is 2.61. The van der Waals surface area contributed by atoms with Crippen LogP contribution in [-0.4, -0.2) is 41.3 Å². The average Bonchev–Trinajstić information content (AvgIpc) is 2.41. The van der Waals surface area contributed by atoms with Gasteiger partial charge < -0.3 is 9.84 Å². The largest absolute Gasteiger partial charge is 0.480 e. The fourth-order valence-corrected chi connectivity index (χ4v) is 5.88. The van der Waals surface area contributed by atoms with Crippen molar-refractivity contribution in [3.8, 4) is 5.88 Å². The lowest BCUT2D eigenvalue weighted by Gasteiger charge is -2.43. The van der Waals surface area contributed by atoms with Crippen LogP contribution in [-0.2, 0) is 15.4 Å². The summed E-state index contributed by atoms with van der Waals surface area (Å²) in [4.78, 5) is 0. The monoisotopic (exact) mass is 298 g/mol. The van der Waals surface area contributed by atoms with E-state index < -0.39 is 25.9 Å². The Morgan fingerprint density at radius 3 is 2.40 bits per heavy atom. The number of aliphatic hydroxyl groups is 1. The van der Waals surface area contributed by atoms with Crippen LogP contribution in [0.5, 0.6) is 5.88 Å². The van der Waals surface area contributed by atoms with Crippen LogP contribution in [0.1, 0.15) is 37.8 Å². The minimum atomic E-state index is -3.09. The number of hydrogen-bond donors (Lipinski definition) is 1. The van der Waals surface area contributed by atoms with Crippen molar-refractivity contribution >= 4 is 9.84 Å². The van der Waals surface area contributed by atoms with Gasteiger partial charge in [0.05, 0.1) is 23.3 Å². The number of nitrogens with zero attached hydrogens (tertiary/aromatic N) is 2. The highest BCUT2D eigenvalue weighted by Crippen LogP contribution is 2.45. The third-order valence-corrected chi connectivity index (χ3v) is 7.10. The lowest BCUT2D eigenvalue weighted by molar-refractivity contribution is 0.0000638. The van der Waals surface area contributed by atoms with E-state index in [4.69, 9.17) is 4.74 Å². The highest BCUT2D eigenvalue weighted by Gasteiger charge is 2.51. The SMILES string of the molecule is COc1ccc(C2(O)CC3CCCC(C2)S3(=O)=O)nn1. The number of methoxy groups -OCH3 is 1. The van der Waals surface area contributed by atoms with E-state index in [9.17, 15) is 13.5 Å². The first-order chi connectivity index (χ1) is 9.45. The third-order valence-electron chi connectivity index (χ3n) is 4.44. The van der Waals surface area contributed by atoms with Gasteiger partial charge in [0.2, 0.25) is 5.88 Å². The molecule has 3 rings (SSSR count). The molecular formula is C13H18N2O4S. The summed E-state index contributed by atoms with van der Waals surface area (Å²) in [6, 6.07) is 3.30. The molecule has 0 aromatic carbocycles. The summed E-state index contributed by atoms with van der Waals surface area (Å²) < 4.78 is 29.4. The molecule has 0 aliphatic carbocycles. The van der Waals surface area contributed by atoms with Crippen molar-refractivity contribution in [1.29, 1.82) is 0 Å². The van der Waals surface area contributed by atoms with Crippen molar-refractivity contribution in [2.75, 3.05) is 7.11 Å². The normalized spacial score (nSPS) is 35.5. The molecule has 2 fully saturated rings. The Labute approximate surface area is 118 Å². The fourth-order valence-electron chi connectivity index (χ4n) is 3.33. The second kappa shape index (κ2) is 4.66. The maximum Gasteiger partial charge on any atom is 0.233 e. The molecule has 1 aromatic rings. The van der Waals surface area contributed by atoms with E-state index in [-0.39, 0.29) is 12.8 Å². The van der Waals surface area contributed by atoms with Crippen molar-refractivity contribution in [2.45, 2.75) is 48.2 Å². The van der Waals surface area contributed by atoms with Crippen LogP contribution < -0.4 is 4.74 Å². The zero-order valence-electron chi connectivity index (χ0n) is 11.3. The molecule has 2 aliphatic rings. The van der Waals surface area contributed by atoms with E-state index >= 15 is 0 Å². The fraction of sp³-hybridized carbons (Fsp3) is 0.692. The summed E-state index contributed by atoms with van der Waals surface area (Å²) in [6.45, 7) is 0. The first-order valence-corrected chi connectivity index (χ1v) is 8.40.